The van der Waals surface area contributed by atoms with Crippen LogP contribution in [0, 0.1) is 0 Å². The molecule has 4 nitrogen and oxygen atoms in total. The van der Waals surface area contributed by atoms with Crippen molar-refractivity contribution >= 4 is 23.4 Å². The van der Waals surface area contributed by atoms with Gasteiger partial charge >= 0.3 is 0 Å². The highest BCUT2D eigenvalue weighted by Crippen LogP contribution is 2.25. The number of nitrogens with one attached hydrogen (secondary N) is 2. The quantitative estimate of drug-likeness (QED) is 0.820. The van der Waals surface area contributed by atoms with Gasteiger partial charge in [0.25, 0.3) is 0 Å². The third-order valence-electron chi connectivity index (χ3n) is 3.07. The van der Waals surface area contributed by atoms with Gasteiger partial charge < -0.3 is 15.5 Å². The highest BCUT2D eigenvalue weighted by Gasteiger charge is 2.07. The molecule has 0 radical (unpaired) electrons. The Bertz CT molecular complexity index is 654. The number of carbonyl (C=O) groups is 1. The summed E-state index contributed by atoms with van der Waals surface area (Å²) in [7, 11) is 3.73. The van der Waals surface area contributed by atoms with Crippen LogP contribution in [0.5, 0.6) is 0 Å². The summed E-state index contributed by atoms with van der Waals surface area (Å²) in [6.07, 6.45) is 11.6. The third kappa shape index (κ3) is 4.46. The molecular formula is C18H21N3O. The largest absolute Gasteiger partial charge is 0.361 e. The molecule has 22 heavy (non-hydrogen) atoms. The van der Waals surface area contributed by atoms with Crippen LogP contribution in [0.3, 0.4) is 0 Å². The summed E-state index contributed by atoms with van der Waals surface area (Å²) in [5.74, 6) is -0.0285. The fraction of sp³-hybridized carbons (Fsp3) is 0.167. The number of hydrogen-bond donors (Lipinski definition) is 2. The second kappa shape index (κ2) is 7.43. The Morgan fingerprint density at radius 3 is 2.91 bits per heavy atom. The molecule has 0 spiro atoms. The van der Waals surface area contributed by atoms with Crippen molar-refractivity contribution in [3.63, 3.8) is 0 Å². The molecule has 2 N–H and O–H groups in total. The van der Waals surface area contributed by atoms with Crippen molar-refractivity contribution in [1.82, 2.24) is 4.90 Å². The fourth-order valence-electron chi connectivity index (χ4n) is 2.07. The molecule has 4 heteroatoms. The second-order valence-corrected chi connectivity index (χ2v) is 5.30. The van der Waals surface area contributed by atoms with Crippen LogP contribution in [0.15, 0.2) is 60.9 Å². The van der Waals surface area contributed by atoms with Gasteiger partial charge in [0.15, 0.2) is 0 Å². The molecule has 0 fully saturated rings. The summed E-state index contributed by atoms with van der Waals surface area (Å²) in [6, 6.07) is 5.82. The van der Waals surface area contributed by atoms with Crippen LogP contribution in [-0.2, 0) is 4.79 Å². The average Bonchev–Trinajstić information content (AvgIpc) is 2.66. The average molecular weight is 295 g/mol. The highest BCUT2D eigenvalue weighted by atomic mass is 16.2. The molecule has 0 atom stereocenters. The Morgan fingerprint density at radius 1 is 1.36 bits per heavy atom. The summed E-state index contributed by atoms with van der Waals surface area (Å²) in [5.41, 5.74) is 3.86. The van der Waals surface area contributed by atoms with E-state index in [1.54, 1.807) is 6.08 Å². The van der Waals surface area contributed by atoms with Crippen LogP contribution in [0.1, 0.15) is 5.56 Å². The maximum absolute atomic E-state index is 11.8. The normalized spacial score (nSPS) is 13.3. The lowest BCUT2D eigenvalue weighted by atomic mass is 10.1. The van der Waals surface area contributed by atoms with E-state index in [1.165, 1.54) is 0 Å². The van der Waals surface area contributed by atoms with Gasteiger partial charge in [-0.05, 0) is 37.4 Å². The summed E-state index contributed by atoms with van der Waals surface area (Å²) in [5, 5.41) is 6.16. The van der Waals surface area contributed by atoms with Crippen LogP contribution in [0.2, 0.25) is 0 Å². The van der Waals surface area contributed by atoms with Crippen LogP contribution in [0.25, 0.3) is 6.08 Å². The minimum Gasteiger partial charge on any atom is -0.361 e. The van der Waals surface area contributed by atoms with Gasteiger partial charge in [-0.1, -0.05) is 43.0 Å². The van der Waals surface area contributed by atoms with E-state index in [4.69, 9.17) is 0 Å². The molecule has 114 valence electrons. The topological polar surface area (TPSA) is 44.4 Å². The van der Waals surface area contributed by atoms with Gasteiger partial charge in [0.2, 0.25) is 5.91 Å². The Balaban J connectivity index is 2.14. The van der Waals surface area contributed by atoms with Crippen LogP contribution < -0.4 is 10.6 Å². The number of nitrogens with zero attached hydrogens (tertiary/aromatic N) is 1. The minimum atomic E-state index is -0.0285. The van der Waals surface area contributed by atoms with Crippen molar-refractivity contribution in [1.29, 1.82) is 0 Å². The molecule has 0 unspecified atom stereocenters. The van der Waals surface area contributed by atoms with Gasteiger partial charge in [-0.15, -0.1) is 0 Å². The predicted molar refractivity (Wildman–Crippen MR) is 93.7 cm³/mol. The van der Waals surface area contributed by atoms with E-state index < -0.39 is 0 Å². The van der Waals surface area contributed by atoms with E-state index in [2.05, 4.69) is 17.2 Å². The van der Waals surface area contributed by atoms with Gasteiger partial charge in [0, 0.05) is 17.6 Å². The Morgan fingerprint density at radius 2 is 2.18 bits per heavy atom. The number of amides is 1. The maximum atomic E-state index is 11.8. The molecule has 0 aromatic heterocycles. The summed E-state index contributed by atoms with van der Waals surface area (Å²) in [6.45, 7) is 4.03. The zero-order valence-electron chi connectivity index (χ0n) is 13.0. The van der Waals surface area contributed by atoms with E-state index in [-0.39, 0.29) is 5.91 Å². The predicted octanol–water partition coefficient (Wildman–Crippen LogP) is 3.25. The molecule has 1 heterocycles. The lowest BCUT2D eigenvalue weighted by molar-refractivity contribution is -0.116. The number of benzene rings is 1. The van der Waals surface area contributed by atoms with E-state index >= 15 is 0 Å². The number of rotatable bonds is 5. The third-order valence-corrected chi connectivity index (χ3v) is 3.07. The first kappa shape index (κ1) is 15.8. The first-order chi connectivity index (χ1) is 10.6. The molecule has 0 aliphatic carbocycles. The highest BCUT2D eigenvalue weighted by molar-refractivity contribution is 5.93. The maximum Gasteiger partial charge on any atom is 0.238 e. The molecule has 1 aromatic rings. The van der Waals surface area contributed by atoms with Crippen molar-refractivity contribution in [3.05, 3.63) is 66.4 Å². The monoisotopic (exact) mass is 295 g/mol. The van der Waals surface area contributed by atoms with Crippen LogP contribution in [0.4, 0.5) is 11.4 Å². The molecule has 1 aliphatic heterocycles. The Hall–Kier alpha value is -2.59. The summed E-state index contributed by atoms with van der Waals surface area (Å²) >= 11 is 0. The Kier molecular flexibility index (Phi) is 5.33. The number of fused-ring (bicyclic) bond motifs is 1. The van der Waals surface area contributed by atoms with Crippen molar-refractivity contribution in [2.75, 3.05) is 31.3 Å². The number of hydrogen-bond acceptors (Lipinski definition) is 3. The van der Waals surface area contributed by atoms with Crippen molar-refractivity contribution in [2.24, 2.45) is 0 Å². The van der Waals surface area contributed by atoms with Gasteiger partial charge in [0.1, 0.15) is 0 Å². The minimum absolute atomic E-state index is 0.0285. The first-order valence-corrected chi connectivity index (χ1v) is 7.11. The van der Waals surface area contributed by atoms with E-state index in [1.807, 2.05) is 67.7 Å². The van der Waals surface area contributed by atoms with Crippen LogP contribution in [-0.4, -0.2) is 31.4 Å². The van der Waals surface area contributed by atoms with Crippen molar-refractivity contribution in [2.45, 2.75) is 0 Å². The molecule has 0 bridgehead atoms. The molecule has 1 aromatic carbocycles. The number of likely N-dealkylation sites (N-methyl/N-ethyl adjacent to an activating group) is 1. The Labute approximate surface area is 131 Å². The van der Waals surface area contributed by atoms with Gasteiger partial charge in [-0.2, -0.15) is 0 Å². The van der Waals surface area contributed by atoms with Crippen LogP contribution >= 0.6 is 0 Å². The van der Waals surface area contributed by atoms with Gasteiger partial charge in [-0.3, -0.25) is 4.79 Å². The van der Waals surface area contributed by atoms with Gasteiger partial charge in [-0.25, -0.2) is 0 Å². The van der Waals surface area contributed by atoms with Crippen molar-refractivity contribution in [3.8, 4) is 0 Å². The van der Waals surface area contributed by atoms with Gasteiger partial charge in [0.05, 0.1) is 6.54 Å². The molecular weight excluding hydrogens is 274 g/mol. The lowest BCUT2D eigenvalue weighted by Crippen LogP contribution is -2.27. The standard InChI is InChI=1S/C18H21N3O/c1-4-5-6-14-7-8-15-9-10-16(11-17(15)19-12-14)20-18(22)13-21(2)3/h4-12,19H,1,13H2,2-3H3,(H,20,22)/b6-5-. The molecule has 0 saturated carbocycles. The molecule has 2 rings (SSSR count). The van der Waals surface area contributed by atoms with Crippen molar-refractivity contribution < 1.29 is 4.79 Å². The summed E-state index contributed by atoms with van der Waals surface area (Å²) < 4.78 is 0. The van der Waals surface area contributed by atoms with E-state index in [9.17, 15) is 4.79 Å². The molecule has 1 aliphatic rings. The molecule has 1 amide bonds. The smallest absolute Gasteiger partial charge is 0.238 e. The zero-order chi connectivity index (χ0) is 15.9. The lowest BCUT2D eigenvalue weighted by Gasteiger charge is -2.12. The molecule has 0 saturated heterocycles. The number of allylic oxidation sites excluding steroid dienone is 5. The zero-order valence-corrected chi connectivity index (χ0v) is 13.0. The second-order valence-electron chi connectivity index (χ2n) is 5.30. The SMILES string of the molecule is C=C/C=C\C1=CNc2cc(NC(=O)CN(C)C)ccc2C=C1. The number of carbonyl (C=O) groups excluding carboxylic acids is 1. The van der Waals surface area contributed by atoms with E-state index in [0.29, 0.717) is 6.54 Å². The fourth-order valence-corrected chi connectivity index (χ4v) is 2.07. The number of anilines is 2. The summed E-state index contributed by atoms with van der Waals surface area (Å²) in [4.78, 5) is 13.6. The van der Waals surface area contributed by atoms with E-state index in [0.717, 1.165) is 22.5 Å². The first-order valence-electron chi connectivity index (χ1n) is 7.11.